The van der Waals surface area contributed by atoms with Gasteiger partial charge in [-0.1, -0.05) is 26.8 Å². The molecule has 0 saturated carbocycles. The molecule has 0 bridgehead atoms. The number of piperidine rings is 1. The highest BCUT2D eigenvalue weighted by Gasteiger charge is 2.29. The first kappa shape index (κ1) is 28.1. The Kier molecular flexibility index (Phi) is 8.12. The lowest BCUT2D eigenvalue weighted by Crippen LogP contribution is -2.36. The highest BCUT2D eigenvalue weighted by atomic mass is 19.1. The van der Waals surface area contributed by atoms with Crippen molar-refractivity contribution in [2.45, 2.75) is 66.3 Å². The van der Waals surface area contributed by atoms with E-state index in [1.165, 1.54) is 24.5 Å². The Morgan fingerprint density at radius 2 is 1.73 bits per heavy atom. The Morgan fingerprint density at radius 3 is 2.35 bits per heavy atom. The molecule has 1 aromatic carbocycles. The number of anilines is 2. The van der Waals surface area contributed by atoms with E-state index in [1.54, 1.807) is 6.07 Å². The van der Waals surface area contributed by atoms with Crippen molar-refractivity contribution >= 4 is 22.8 Å². The third-order valence-electron chi connectivity index (χ3n) is 8.18. The van der Waals surface area contributed by atoms with Crippen LogP contribution in [0.1, 0.15) is 70.8 Å². The van der Waals surface area contributed by atoms with Crippen molar-refractivity contribution in [3.8, 4) is 11.3 Å². The van der Waals surface area contributed by atoms with Crippen LogP contribution in [0.25, 0.3) is 22.3 Å². The van der Waals surface area contributed by atoms with Gasteiger partial charge < -0.3 is 14.8 Å². The van der Waals surface area contributed by atoms with E-state index >= 15 is 4.39 Å². The van der Waals surface area contributed by atoms with Crippen molar-refractivity contribution in [1.82, 2.24) is 29.4 Å². The number of nitrogens with one attached hydrogen (secondary N) is 1. The van der Waals surface area contributed by atoms with Crippen LogP contribution in [0, 0.1) is 30.4 Å². The number of imidazole rings is 1. The van der Waals surface area contributed by atoms with Crippen molar-refractivity contribution in [1.29, 1.82) is 0 Å². The molecular formula is C31H39F2N7. The molecule has 4 aromatic rings. The minimum Gasteiger partial charge on any atom is -0.326 e. The third kappa shape index (κ3) is 5.57. The maximum atomic E-state index is 15.0. The van der Waals surface area contributed by atoms with E-state index in [9.17, 15) is 4.39 Å². The van der Waals surface area contributed by atoms with Crippen molar-refractivity contribution < 1.29 is 8.78 Å². The lowest BCUT2D eigenvalue weighted by Gasteiger charge is -2.37. The topological polar surface area (TPSA) is 71.8 Å². The lowest BCUT2D eigenvalue weighted by molar-refractivity contribution is 0.160. The number of halogens is 2. The molecule has 9 heteroatoms. The minimum atomic E-state index is -0.631. The van der Waals surface area contributed by atoms with E-state index in [1.807, 2.05) is 37.6 Å². The predicted octanol–water partition coefficient (Wildman–Crippen LogP) is 7.27. The van der Waals surface area contributed by atoms with Crippen LogP contribution in [0.2, 0.25) is 0 Å². The summed E-state index contributed by atoms with van der Waals surface area (Å²) in [5, 5.41) is 3.10. The number of pyridine rings is 1. The molecule has 0 spiro atoms. The molecule has 1 aliphatic rings. The monoisotopic (exact) mass is 547 g/mol. The second-order valence-corrected chi connectivity index (χ2v) is 11.5. The van der Waals surface area contributed by atoms with Crippen molar-refractivity contribution in [3.05, 3.63) is 59.7 Å². The van der Waals surface area contributed by atoms with E-state index in [2.05, 4.69) is 57.0 Å². The number of hydrogen-bond donors (Lipinski definition) is 1. The molecule has 1 aliphatic heterocycles. The number of aryl methyl sites for hydroxylation is 1. The normalized spacial score (nSPS) is 15.8. The molecule has 7 nitrogen and oxygen atoms in total. The summed E-state index contributed by atoms with van der Waals surface area (Å²) in [6.07, 6.45) is 5.44. The van der Waals surface area contributed by atoms with E-state index in [0.717, 1.165) is 25.8 Å². The highest BCUT2D eigenvalue weighted by Crippen LogP contribution is 2.38. The molecule has 0 radical (unpaired) electrons. The second kappa shape index (κ2) is 11.6. The highest BCUT2D eigenvalue weighted by molar-refractivity contribution is 5.83. The van der Waals surface area contributed by atoms with Crippen molar-refractivity contribution in [3.63, 3.8) is 0 Å². The van der Waals surface area contributed by atoms with Gasteiger partial charge in [0.25, 0.3) is 0 Å². The van der Waals surface area contributed by atoms with Gasteiger partial charge in [-0.25, -0.2) is 28.7 Å². The molecule has 1 atom stereocenters. The molecule has 40 heavy (non-hydrogen) atoms. The summed E-state index contributed by atoms with van der Waals surface area (Å²) in [4.78, 5) is 20.1. The summed E-state index contributed by atoms with van der Waals surface area (Å²) in [6.45, 7) is 16.0. The zero-order chi connectivity index (χ0) is 28.6. The molecule has 4 heterocycles. The number of nitrogens with zero attached hydrogens (tertiary/aromatic N) is 6. The largest absolute Gasteiger partial charge is 0.326 e. The number of benzene rings is 1. The molecule has 0 aliphatic carbocycles. The first-order chi connectivity index (χ1) is 19.2. The summed E-state index contributed by atoms with van der Waals surface area (Å²) < 4.78 is 31.9. The number of hydrogen-bond acceptors (Lipinski definition) is 6. The van der Waals surface area contributed by atoms with Crippen LogP contribution in [-0.2, 0) is 0 Å². The smallest absolute Gasteiger partial charge is 0.229 e. The number of rotatable bonds is 8. The molecule has 1 fully saturated rings. The van der Waals surface area contributed by atoms with Crippen LogP contribution in [0.3, 0.4) is 0 Å². The van der Waals surface area contributed by atoms with E-state index in [4.69, 9.17) is 0 Å². The molecule has 212 valence electrons. The van der Waals surface area contributed by atoms with Gasteiger partial charge in [0.1, 0.15) is 22.9 Å². The Morgan fingerprint density at radius 1 is 0.975 bits per heavy atom. The maximum Gasteiger partial charge on any atom is 0.229 e. The van der Waals surface area contributed by atoms with Gasteiger partial charge in [0.2, 0.25) is 5.95 Å². The fourth-order valence-electron chi connectivity index (χ4n) is 6.31. The zero-order valence-electron chi connectivity index (χ0n) is 24.2. The summed E-state index contributed by atoms with van der Waals surface area (Å²) in [5.41, 5.74) is 2.45. The maximum absolute atomic E-state index is 15.0. The van der Waals surface area contributed by atoms with Gasteiger partial charge in [-0.2, -0.15) is 0 Å². The molecule has 3 aromatic heterocycles. The predicted molar refractivity (Wildman–Crippen MR) is 156 cm³/mol. The lowest BCUT2D eigenvalue weighted by atomic mass is 9.74. The average molecular weight is 548 g/mol. The molecule has 1 N–H and O–H groups in total. The van der Waals surface area contributed by atoms with Gasteiger partial charge in [0, 0.05) is 17.8 Å². The number of aromatic nitrogens is 5. The molecule has 5 rings (SSSR count). The van der Waals surface area contributed by atoms with Crippen molar-refractivity contribution in [2.24, 2.45) is 11.8 Å². The quantitative estimate of drug-likeness (QED) is 0.250. The van der Waals surface area contributed by atoms with E-state index in [0.29, 0.717) is 40.5 Å². The Hall–Kier alpha value is -3.46. The summed E-state index contributed by atoms with van der Waals surface area (Å²) in [6, 6.07) is 7.13. The molecular weight excluding hydrogens is 508 g/mol. The van der Waals surface area contributed by atoms with Gasteiger partial charge in [-0.15, -0.1) is 0 Å². The van der Waals surface area contributed by atoms with Crippen LogP contribution >= 0.6 is 0 Å². The minimum absolute atomic E-state index is 0.0161. The Bertz CT molecular complexity index is 1470. The van der Waals surface area contributed by atoms with Gasteiger partial charge in [0.05, 0.1) is 11.7 Å². The Balaban J connectivity index is 1.39. The van der Waals surface area contributed by atoms with Crippen LogP contribution in [0.5, 0.6) is 0 Å². The third-order valence-corrected chi connectivity index (χ3v) is 8.18. The van der Waals surface area contributed by atoms with Crippen LogP contribution in [0.4, 0.5) is 20.5 Å². The summed E-state index contributed by atoms with van der Waals surface area (Å²) in [5.74, 6) is 1.91. The van der Waals surface area contributed by atoms with Crippen molar-refractivity contribution in [2.75, 3.05) is 25.0 Å². The first-order valence-corrected chi connectivity index (χ1v) is 14.3. The van der Waals surface area contributed by atoms with Crippen LogP contribution in [-0.4, -0.2) is 49.0 Å². The molecule has 1 saturated heterocycles. The first-order valence-electron chi connectivity index (χ1n) is 14.3. The molecule has 0 unspecified atom stereocenters. The second-order valence-electron chi connectivity index (χ2n) is 11.5. The summed E-state index contributed by atoms with van der Waals surface area (Å²) in [7, 11) is 0. The van der Waals surface area contributed by atoms with Crippen LogP contribution in [0.15, 0.2) is 36.7 Å². The number of likely N-dealkylation sites (tertiary alicyclic amines) is 1. The van der Waals surface area contributed by atoms with Gasteiger partial charge >= 0.3 is 0 Å². The SMILES string of the molecule is CCN1CCC([C@@H](c2ccc(Nc3ncc(F)c(-c4cc(F)c5nc(C)n(C(C)C)c5c4)n3)nc2)C(C)C)CC1. The zero-order valence-corrected chi connectivity index (χ0v) is 24.2. The van der Waals surface area contributed by atoms with E-state index < -0.39 is 11.6 Å². The fraction of sp³-hybridized carbons (Fsp3) is 0.484. The standard InChI is InChI=1S/C31H39F2N7/c1-7-39-12-10-21(11-13-39)28(18(2)3)22-8-9-27(34-16-22)37-31-35-17-25(33)29(38-31)23-14-24(32)30-26(15-23)40(19(4)5)20(6)36-30/h8-9,14-19,21,28H,7,10-13H2,1-6H3,(H,34,35,37,38)/t28-/m0/s1. The van der Waals surface area contributed by atoms with Gasteiger partial charge in [-0.3, -0.25) is 0 Å². The van der Waals surface area contributed by atoms with Gasteiger partial charge in [-0.05, 0) is 94.8 Å². The van der Waals surface area contributed by atoms with E-state index in [-0.39, 0.29) is 23.2 Å². The van der Waals surface area contributed by atoms with Crippen LogP contribution < -0.4 is 5.32 Å². The fourth-order valence-corrected chi connectivity index (χ4v) is 6.31. The average Bonchev–Trinajstić information content (AvgIpc) is 3.27. The summed E-state index contributed by atoms with van der Waals surface area (Å²) >= 11 is 0. The Labute approximate surface area is 235 Å². The number of fused-ring (bicyclic) bond motifs is 1. The van der Waals surface area contributed by atoms with Gasteiger partial charge in [0.15, 0.2) is 11.6 Å². The molecule has 0 amide bonds.